The predicted molar refractivity (Wildman–Crippen MR) is 76.2 cm³/mol. The number of rotatable bonds is 7. The Labute approximate surface area is 108 Å². The summed E-state index contributed by atoms with van der Waals surface area (Å²) in [5.74, 6) is 0. The summed E-state index contributed by atoms with van der Waals surface area (Å²) < 4.78 is 0. The van der Waals surface area contributed by atoms with E-state index in [4.69, 9.17) is 5.73 Å². The number of nitrogens with two attached hydrogens (primary N) is 1. The van der Waals surface area contributed by atoms with Crippen molar-refractivity contribution < 1.29 is 0 Å². The lowest BCUT2D eigenvalue weighted by molar-refractivity contribution is 0.240. The van der Waals surface area contributed by atoms with Crippen LogP contribution in [0, 0.1) is 0 Å². The molecule has 102 valence electrons. The summed E-state index contributed by atoms with van der Waals surface area (Å²) in [5.41, 5.74) is 6.96. The van der Waals surface area contributed by atoms with E-state index in [1.165, 1.54) is 51.4 Å². The molecule has 0 aliphatic heterocycles. The van der Waals surface area contributed by atoms with E-state index in [-0.39, 0.29) is 5.54 Å². The van der Waals surface area contributed by atoms with Crippen LogP contribution in [0.3, 0.4) is 0 Å². The molecule has 3 N–H and O–H groups in total. The SMILES string of the molecule is CCC(CC)(CC)NCCC1(N)CCCCC1. The normalized spacial score (nSPS) is 20.5. The highest BCUT2D eigenvalue weighted by atomic mass is 15.0. The van der Waals surface area contributed by atoms with Crippen LogP contribution >= 0.6 is 0 Å². The molecule has 2 nitrogen and oxygen atoms in total. The lowest BCUT2D eigenvalue weighted by Crippen LogP contribution is -2.49. The van der Waals surface area contributed by atoms with Gasteiger partial charge in [0.15, 0.2) is 0 Å². The van der Waals surface area contributed by atoms with Gasteiger partial charge in [-0.15, -0.1) is 0 Å². The first-order valence-electron chi connectivity index (χ1n) is 7.63. The van der Waals surface area contributed by atoms with E-state index in [2.05, 4.69) is 26.1 Å². The summed E-state index contributed by atoms with van der Waals surface area (Å²) in [5, 5.41) is 3.77. The van der Waals surface area contributed by atoms with Gasteiger partial charge in [0.05, 0.1) is 0 Å². The molecule has 0 aromatic heterocycles. The van der Waals surface area contributed by atoms with Crippen LogP contribution in [-0.4, -0.2) is 17.6 Å². The second-order valence-electron chi connectivity index (χ2n) is 5.94. The zero-order valence-electron chi connectivity index (χ0n) is 12.1. The van der Waals surface area contributed by atoms with Crippen molar-refractivity contribution in [1.82, 2.24) is 5.32 Å². The van der Waals surface area contributed by atoms with Gasteiger partial charge in [0.25, 0.3) is 0 Å². The van der Waals surface area contributed by atoms with Crippen LogP contribution in [0.2, 0.25) is 0 Å². The quantitative estimate of drug-likeness (QED) is 0.713. The molecule has 0 heterocycles. The van der Waals surface area contributed by atoms with Crippen LogP contribution in [0.15, 0.2) is 0 Å². The Morgan fingerprint density at radius 3 is 2.00 bits per heavy atom. The minimum Gasteiger partial charge on any atom is -0.325 e. The summed E-state index contributed by atoms with van der Waals surface area (Å²) in [6.45, 7) is 7.96. The lowest BCUT2D eigenvalue weighted by atomic mass is 9.80. The molecule has 0 aromatic carbocycles. The maximum atomic E-state index is 6.47. The first kappa shape index (κ1) is 15.0. The molecule has 0 aromatic rings. The Bertz CT molecular complexity index is 195. The molecule has 17 heavy (non-hydrogen) atoms. The molecule has 0 saturated heterocycles. The highest BCUT2D eigenvalue weighted by molar-refractivity contribution is 4.90. The van der Waals surface area contributed by atoms with Crippen molar-refractivity contribution >= 4 is 0 Å². The molecule has 0 atom stereocenters. The van der Waals surface area contributed by atoms with Crippen molar-refractivity contribution in [3.05, 3.63) is 0 Å². The van der Waals surface area contributed by atoms with Crippen molar-refractivity contribution in [2.24, 2.45) is 5.73 Å². The van der Waals surface area contributed by atoms with Crippen LogP contribution in [0.5, 0.6) is 0 Å². The topological polar surface area (TPSA) is 38.0 Å². The minimum atomic E-state index is 0.131. The van der Waals surface area contributed by atoms with Crippen LogP contribution in [-0.2, 0) is 0 Å². The maximum Gasteiger partial charge on any atom is 0.0173 e. The van der Waals surface area contributed by atoms with E-state index in [1.54, 1.807) is 0 Å². The van der Waals surface area contributed by atoms with Crippen molar-refractivity contribution in [3.63, 3.8) is 0 Å². The van der Waals surface area contributed by atoms with E-state index in [0.29, 0.717) is 5.54 Å². The molecule has 0 unspecified atom stereocenters. The van der Waals surface area contributed by atoms with Crippen LogP contribution in [0.1, 0.15) is 78.6 Å². The van der Waals surface area contributed by atoms with Crippen LogP contribution in [0.4, 0.5) is 0 Å². The smallest absolute Gasteiger partial charge is 0.0173 e. The van der Waals surface area contributed by atoms with Gasteiger partial charge < -0.3 is 11.1 Å². The zero-order valence-corrected chi connectivity index (χ0v) is 12.1. The highest BCUT2D eigenvalue weighted by Gasteiger charge is 2.28. The van der Waals surface area contributed by atoms with Gasteiger partial charge in [-0.05, 0) is 45.1 Å². The number of hydrogen-bond acceptors (Lipinski definition) is 2. The maximum absolute atomic E-state index is 6.47. The predicted octanol–water partition coefficient (Wildman–Crippen LogP) is 3.60. The molecular formula is C15H32N2. The summed E-state index contributed by atoms with van der Waals surface area (Å²) in [7, 11) is 0. The second-order valence-corrected chi connectivity index (χ2v) is 5.94. The van der Waals surface area contributed by atoms with Crippen molar-refractivity contribution in [1.29, 1.82) is 0 Å². The summed E-state index contributed by atoms with van der Waals surface area (Å²) in [6, 6.07) is 0. The lowest BCUT2D eigenvalue weighted by Gasteiger charge is -2.37. The van der Waals surface area contributed by atoms with E-state index < -0.39 is 0 Å². The van der Waals surface area contributed by atoms with Gasteiger partial charge in [-0.3, -0.25) is 0 Å². The van der Waals surface area contributed by atoms with Gasteiger partial charge in [-0.1, -0.05) is 40.0 Å². The third-order valence-electron chi connectivity index (χ3n) is 5.00. The Kier molecular flexibility index (Phi) is 5.94. The standard InChI is InChI=1S/C15H32N2/c1-4-15(5-2,6-3)17-13-12-14(16)10-8-7-9-11-14/h17H,4-13,16H2,1-3H3. The van der Waals surface area contributed by atoms with Gasteiger partial charge in [0, 0.05) is 11.1 Å². The number of hydrogen-bond donors (Lipinski definition) is 2. The molecule has 0 spiro atoms. The molecule has 0 radical (unpaired) electrons. The Balaban J connectivity index is 2.34. The Morgan fingerprint density at radius 2 is 1.53 bits per heavy atom. The average molecular weight is 240 g/mol. The van der Waals surface area contributed by atoms with Gasteiger partial charge >= 0.3 is 0 Å². The van der Waals surface area contributed by atoms with Gasteiger partial charge in [-0.2, -0.15) is 0 Å². The van der Waals surface area contributed by atoms with Crippen LogP contribution in [0.25, 0.3) is 0 Å². The summed E-state index contributed by atoms with van der Waals surface area (Å²) in [6.07, 6.45) is 11.3. The second kappa shape index (κ2) is 6.75. The van der Waals surface area contributed by atoms with E-state index in [0.717, 1.165) is 13.0 Å². The van der Waals surface area contributed by atoms with Crippen LogP contribution < -0.4 is 11.1 Å². The fourth-order valence-electron chi connectivity index (χ4n) is 3.21. The van der Waals surface area contributed by atoms with E-state index >= 15 is 0 Å². The Hall–Kier alpha value is -0.0800. The first-order valence-corrected chi connectivity index (χ1v) is 7.63. The molecule has 1 fully saturated rings. The van der Waals surface area contributed by atoms with E-state index in [9.17, 15) is 0 Å². The van der Waals surface area contributed by atoms with Crippen molar-refractivity contribution in [2.75, 3.05) is 6.54 Å². The van der Waals surface area contributed by atoms with Gasteiger partial charge in [0.2, 0.25) is 0 Å². The summed E-state index contributed by atoms with van der Waals surface area (Å²) in [4.78, 5) is 0. The third kappa shape index (κ3) is 4.26. The molecule has 0 amide bonds. The third-order valence-corrected chi connectivity index (χ3v) is 5.00. The molecule has 1 aliphatic rings. The molecule has 1 saturated carbocycles. The fourth-order valence-corrected chi connectivity index (χ4v) is 3.21. The monoisotopic (exact) mass is 240 g/mol. The molecule has 0 bridgehead atoms. The molecular weight excluding hydrogens is 208 g/mol. The molecule has 1 aliphatic carbocycles. The van der Waals surface area contributed by atoms with Crippen molar-refractivity contribution in [3.8, 4) is 0 Å². The average Bonchev–Trinajstić information content (AvgIpc) is 2.36. The fraction of sp³-hybridized carbons (Fsp3) is 1.00. The molecule has 1 rings (SSSR count). The van der Waals surface area contributed by atoms with E-state index in [1.807, 2.05) is 0 Å². The van der Waals surface area contributed by atoms with Gasteiger partial charge in [-0.25, -0.2) is 0 Å². The highest BCUT2D eigenvalue weighted by Crippen LogP contribution is 2.29. The largest absolute Gasteiger partial charge is 0.325 e. The minimum absolute atomic E-state index is 0.131. The van der Waals surface area contributed by atoms with Gasteiger partial charge in [0.1, 0.15) is 0 Å². The van der Waals surface area contributed by atoms with Crippen molar-refractivity contribution in [2.45, 2.75) is 89.6 Å². The first-order chi connectivity index (χ1) is 8.10. The summed E-state index contributed by atoms with van der Waals surface area (Å²) >= 11 is 0. The molecule has 2 heteroatoms. The zero-order chi connectivity index (χ0) is 12.8. The number of nitrogens with one attached hydrogen (secondary N) is 1. The Morgan fingerprint density at radius 1 is 1.00 bits per heavy atom.